The monoisotopic (exact) mass is 254 g/mol. The molecule has 0 fully saturated rings. The van der Waals surface area contributed by atoms with Crippen molar-refractivity contribution >= 4 is 0 Å². The Balaban J connectivity index is 3.12. The highest BCUT2D eigenvalue weighted by atomic mass is 19.1. The van der Waals surface area contributed by atoms with Crippen molar-refractivity contribution in [3.63, 3.8) is 0 Å². The van der Waals surface area contributed by atoms with Gasteiger partial charge in [0, 0.05) is 5.54 Å². The topological polar surface area (TPSA) is 38.5 Å². The van der Waals surface area contributed by atoms with E-state index in [0.717, 1.165) is 5.56 Å². The molecular weight excluding hydrogens is 231 g/mol. The van der Waals surface area contributed by atoms with Crippen LogP contribution in [-0.2, 0) is 0 Å². The molecule has 0 aliphatic carbocycles. The summed E-state index contributed by atoms with van der Waals surface area (Å²) in [7, 11) is 3.88. The average molecular weight is 254 g/mol. The van der Waals surface area contributed by atoms with E-state index in [1.807, 2.05) is 45.8 Å². The Bertz CT molecular complexity index is 399. The summed E-state index contributed by atoms with van der Waals surface area (Å²) < 4.78 is 19.1. The van der Waals surface area contributed by atoms with E-state index < -0.39 is 5.54 Å². The number of rotatable bonds is 5. The molecule has 0 aliphatic rings. The Morgan fingerprint density at radius 2 is 2.00 bits per heavy atom. The van der Waals surface area contributed by atoms with Crippen LogP contribution >= 0.6 is 0 Å². The summed E-state index contributed by atoms with van der Waals surface area (Å²) in [6.07, 6.45) is 0. The third kappa shape index (κ3) is 3.43. The average Bonchev–Trinajstić information content (AvgIpc) is 2.19. The number of benzene rings is 1. The van der Waals surface area contributed by atoms with Crippen molar-refractivity contribution in [3.05, 3.63) is 29.6 Å². The van der Waals surface area contributed by atoms with E-state index in [4.69, 9.17) is 10.5 Å². The molecule has 0 saturated heterocycles. The van der Waals surface area contributed by atoms with Crippen LogP contribution in [0, 0.1) is 5.82 Å². The van der Waals surface area contributed by atoms with Gasteiger partial charge >= 0.3 is 0 Å². The smallest absolute Gasteiger partial charge is 0.165 e. The first kappa shape index (κ1) is 14.9. The van der Waals surface area contributed by atoms with Crippen LogP contribution < -0.4 is 10.5 Å². The van der Waals surface area contributed by atoms with E-state index in [1.165, 1.54) is 6.07 Å². The van der Waals surface area contributed by atoms with Crippen LogP contribution in [0.4, 0.5) is 4.39 Å². The van der Waals surface area contributed by atoms with Gasteiger partial charge in [-0.2, -0.15) is 0 Å². The van der Waals surface area contributed by atoms with Crippen molar-refractivity contribution in [3.8, 4) is 5.75 Å². The number of halogens is 1. The Kier molecular flexibility index (Phi) is 4.71. The van der Waals surface area contributed by atoms with Crippen LogP contribution in [0.5, 0.6) is 5.75 Å². The van der Waals surface area contributed by atoms with E-state index in [2.05, 4.69) is 0 Å². The lowest BCUT2D eigenvalue weighted by Crippen LogP contribution is -2.45. The van der Waals surface area contributed by atoms with Gasteiger partial charge in [-0.05, 0) is 52.6 Å². The summed E-state index contributed by atoms with van der Waals surface area (Å²) in [5, 5.41) is 0. The zero-order valence-corrected chi connectivity index (χ0v) is 11.8. The maximum absolute atomic E-state index is 13.9. The van der Waals surface area contributed by atoms with E-state index in [9.17, 15) is 4.39 Å². The van der Waals surface area contributed by atoms with Gasteiger partial charge in [-0.3, -0.25) is 0 Å². The van der Waals surface area contributed by atoms with Crippen molar-refractivity contribution in [1.29, 1.82) is 0 Å². The van der Waals surface area contributed by atoms with Gasteiger partial charge in [0.2, 0.25) is 0 Å². The van der Waals surface area contributed by atoms with Gasteiger partial charge in [-0.1, -0.05) is 6.07 Å². The molecule has 0 aromatic heterocycles. The molecule has 1 aromatic carbocycles. The summed E-state index contributed by atoms with van der Waals surface area (Å²) in [6, 6.07) is 4.98. The zero-order chi connectivity index (χ0) is 13.9. The molecule has 4 heteroatoms. The minimum absolute atomic E-state index is 0.0531. The van der Waals surface area contributed by atoms with Crippen molar-refractivity contribution in [2.75, 3.05) is 20.7 Å². The highest BCUT2D eigenvalue weighted by molar-refractivity contribution is 5.32. The third-order valence-electron chi connectivity index (χ3n) is 2.79. The highest BCUT2D eigenvalue weighted by Gasteiger charge is 2.29. The van der Waals surface area contributed by atoms with E-state index in [-0.39, 0.29) is 17.6 Å². The van der Waals surface area contributed by atoms with Crippen molar-refractivity contribution in [1.82, 2.24) is 4.90 Å². The number of nitrogens with zero attached hydrogens (tertiary/aromatic N) is 1. The van der Waals surface area contributed by atoms with Crippen LogP contribution in [-0.4, -0.2) is 31.1 Å². The summed E-state index contributed by atoms with van der Waals surface area (Å²) in [5.74, 6) is -0.0565. The van der Waals surface area contributed by atoms with E-state index in [1.54, 1.807) is 6.07 Å². The lowest BCUT2D eigenvalue weighted by Gasteiger charge is -2.36. The minimum Gasteiger partial charge on any atom is -0.491 e. The van der Waals surface area contributed by atoms with Crippen LogP contribution in [0.1, 0.15) is 32.4 Å². The zero-order valence-electron chi connectivity index (χ0n) is 11.8. The molecule has 2 N–H and O–H groups in total. The fraction of sp³-hybridized carbons (Fsp3) is 0.571. The minimum atomic E-state index is -0.455. The fourth-order valence-corrected chi connectivity index (χ4v) is 2.35. The summed E-state index contributed by atoms with van der Waals surface area (Å²) in [5.41, 5.74) is 6.56. The Labute approximate surface area is 109 Å². The fourth-order valence-electron chi connectivity index (χ4n) is 2.35. The second-order valence-corrected chi connectivity index (χ2v) is 5.31. The molecule has 102 valence electrons. The van der Waals surface area contributed by atoms with Gasteiger partial charge in [0.1, 0.15) is 0 Å². The molecule has 1 atom stereocenters. The quantitative estimate of drug-likeness (QED) is 0.877. The van der Waals surface area contributed by atoms with E-state index >= 15 is 0 Å². The molecule has 0 aliphatic heterocycles. The number of hydrogen-bond donors (Lipinski definition) is 1. The van der Waals surface area contributed by atoms with Crippen LogP contribution in [0.3, 0.4) is 0 Å². The second-order valence-electron chi connectivity index (χ2n) is 5.31. The maximum atomic E-state index is 13.9. The van der Waals surface area contributed by atoms with Crippen LogP contribution in [0.2, 0.25) is 0 Å². The molecule has 0 amide bonds. The van der Waals surface area contributed by atoms with Crippen LogP contribution in [0.25, 0.3) is 0 Å². The van der Waals surface area contributed by atoms with Crippen LogP contribution in [0.15, 0.2) is 18.2 Å². The van der Waals surface area contributed by atoms with Crippen molar-refractivity contribution in [2.24, 2.45) is 5.73 Å². The SMILES string of the molecule is CCOc1ccc(C(N(C)C)C(C)(C)N)cc1F. The first-order valence-corrected chi connectivity index (χ1v) is 6.15. The molecule has 1 unspecified atom stereocenters. The van der Waals surface area contributed by atoms with E-state index in [0.29, 0.717) is 6.61 Å². The molecule has 1 rings (SSSR count). The summed E-state index contributed by atoms with van der Waals surface area (Å²) in [4.78, 5) is 2.00. The van der Waals surface area contributed by atoms with Gasteiger partial charge in [-0.15, -0.1) is 0 Å². The lowest BCUT2D eigenvalue weighted by molar-refractivity contribution is 0.204. The number of hydrogen-bond acceptors (Lipinski definition) is 3. The molecule has 1 aromatic rings. The predicted molar refractivity (Wildman–Crippen MR) is 72.3 cm³/mol. The largest absolute Gasteiger partial charge is 0.491 e. The van der Waals surface area contributed by atoms with Gasteiger partial charge in [0.25, 0.3) is 0 Å². The maximum Gasteiger partial charge on any atom is 0.165 e. The molecule has 0 saturated carbocycles. The van der Waals surface area contributed by atoms with Gasteiger partial charge < -0.3 is 15.4 Å². The summed E-state index contributed by atoms with van der Waals surface area (Å²) >= 11 is 0. The normalized spacial score (nSPS) is 13.8. The lowest BCUT2D eigenvalue weighted by atomic mass is 9.88. The third-order valence-corrected chi connectivity index (χ3v) is 2.79. The van der Waals surface area contributed by atoms with Gasteiger partial charge in [0.15, 0.2) is 11.6 Å². The molecule has 0 spiro atoms. The molecular formula is C14H23FN2O. The molecule has 18 heavy (non-hydrogen) atoms. The molecule has 0 heterocycles. The van der Waals surface area contributed by atoms with Crippen molar-refractivity contribution in [2.45, 2.75) is 32.4 Å². The van der Waals surface area contributed by atoms with Crippen molar-refractivity contribution < 1.29 is 9.13 Å². The number of likely N-dealkylation sites (N-methyl/N-ethyl adjacent to an activating group) is 1. The van der Waals surface area contributed by atoms with Gasteiger partial charge in [-0.25, -0.2) is 4.39 Å². The highest BCUT2D eigenvalue weighted by Crippen LogP contribution is 2.30. The first-order chi connectivity index (χ1) is 8.27. The number of nitrogens with two attached hydrogens (primary N) is 1. The standard InChI is InChI=1S/C14H23FN2O/c1-6-18-12-8-7-10(9-11(12)15)13(17(4)5)14(2,3)16/h7-9,13H,6,16H2,1-5H3. The number of ether oxygens (including phenoxy) is 1. The molecule has 0 radical (unpaired) electrons. The molecule has 3 nitrogen and oxygen atoms in total. The Morgan fingerprint density at radius 1 is 1.39 bits per heavy atom. The van der Waals surface area contributed by atoms with Gasteiger partial charge in [0.05, 0.1) is 12.6 Å². The Morgan fingerprint density at radius 3 is 2.39 bits per heavy atom. The second kappa shape index (κ2) is 5.67. The summed E-state index contributed by atoms with van der Waals surface area (Å²) in [6.45, 7) is 6.16. The first-order valence-electron chi connectivity index (χ1n) is 6.15. The predicted octanol–water partition coefficient (Wildman–Crippen LogP) is 2.56. The molecule has 0 bridgehead atoms. The Hall–Kier alpha value is -1.13.